The van der Waals surface area contributed by atoms with Crippen LogP contribution in [0.2, 0.25) is 0 Å². The van der Waals surface area contributed by atoms with Crippen LogP contribution in [0, 0.1) is 5.92 Å². The number of carbonyl (C=O) groups is 2. The Bertz CT molecular complexity index is 285. The Morgan fingerprint density at radius 3 is 2.00 bits per heavy atom. The number of hydrogen-bond acceptors (Lipinski definition) is 3. The monoisotopic (exact) mass is 293 g/mol. The molecule has 0 heterocycles. The van der Waals surface area contributed by atoms with Crippen LogP contribution in [-0.4, -0.2) is 29.9 Å². The highest BCUT2D eigenvalue weighted by molar-refractivity contribution is 5.89. The van der Waals surface area contributed by atoms with E-state index < -0.39 is 12.1 Å². The third-order valence-corrected chi connectivity index (χ3v) is 2.82. The Hall–Kier alpha value is -0.810. The van der Waals surface area contributed by atoms with E-state index >= 15 is 0 Å². The van der Waals surface area contributed by atoms with Gasteiger partial charge in [0, 0.05) is 6.04 Å². The molecule has 114 valence electrons. The lowest BCUT2D eigenvalue weighted by Crippen LogP contribution is -2.51. The lowest BCUT2D eigenvalue weighted by Gasteiger charge is -2.20. The summed E-state index contributed by atoms with van der Waals surface area (Å²) in [5.41, 5.74) is 5.75. The van der Waals surface area contributed by atoms with Crippen LogP contribution in [0.15, 0.2) is 0 Å². The van der Waals surface area contributed by atoms with Gasteiger partial charge in [-0.2, -0.15) is 0 Å². The molecule has 0 saturated carbocycles. The molecule has 2 unspecified atom stereocenters. The van der Waals surface area contributed by atoms with Gasteiger partial charge in [0.05, 0.1) is 6.04 Å². The zero-order chi connectivity index (χ0) is 14.3. The van der Waals surface area contributed by atoms with Gasteiger partial charge in [-0.3, -0.25) is 9.59 Å². The fraction of sp³-hybridized carbons (Fsp3) is 0.846. The number of amides is 2. The summed E-state index contributed by atoms with van der Waals surface area (Å²) in [4.78, 5) is 23.5. The number of hydrogen-bond donors (Lipinski definition) is 3. The Labute approximate surface area is 122 Å². The minimum absolute atomic E-state index is 0. The largest absolute Gasteiger partial charge is 0.352 e. The van der Waals surface area contributed by atoms with Crippen LogP contribution < -0.4 is 16.4 Å². The molecule has 3 atom stereocenters. The second-order valence-corrected chi connectivity index (χ2v) is 5.28. The quantitative estimate of drug-likeness (QED) is 0.659. The van der Waals surface area contributed by atoms with Gasteiger partial charge in [-0.05, 0) is 32.6 Å². The third kappa shape index (κ3) is 8.83. The highest BCUT2D eigenvalue weighted by atomic mass is 35.5. The van der Waals surface area contributed by atoms with Crippen LogP contribution in [0.3, 0.4) is 0 Å². The molecule has 4 N–H and O–H groups in total. The number of nitrogens with two attached hydrogens (primary N) is 1. The van der Waals surface area contributed by atoms with Gasteiger partial charge in [0.15, 0.2) is 0 Å². The van der Waals surface area contributed by atoms with Gasteiger partial charge in [0.2, 0.25) is 11.8 Å². The molecule has 0 rings (SSSR count). The molecule has 0 radical (unpaired) electrons. The molecule has 0 aliphatic carbocycles. The van der Waals surface area contributed by atoms with E-state index in [2.05, 4.69) is 10.6 Å². The summed E-state index contributed by atoms with van der Waals surface area (Å²) in [6, 6.07) is -0.991. The number of nitrogens with one attached hydrogen (secondary N) is 2. The van der Waals surface area contributed by atoms with Crippen molar-refractivity contribution in [2.75, 3.05) is 0 Å². The van der Waals surface area contributed by atoms with Crippen LogP contribution >= 0.6 is 12.4 Å². The summed E-state index contributed by atoms with van der Waals surface area (Å²) in [7, 11) is 0. The van der Waals surface area contributed by atoms with Crippen LogP contribution in [0.1, 0.15) is 47.5 Å². The van der Waals surface area contributed by atoms with Crippen LogP contribution in [0.5, 0.6) is 0 Å². The smallest absolute Gasteiger partial charge is 0.242 e. The van der Waals surface area contributed by atoms with Gasteiger partial charge >= 0.3 is 0 Å². The zero-order valence-electron chi connectivity index (χ0n) is 12.5. The van der Waals surface area contributed by atoms with Crippen molar-refractivity contribution in [2.24, 2.45) is 11.7 Å². The summed E-state index contributed by atoms with van der Waals surface area (Å²) < 4.78 is 0. The SMILES string of the molecule is CCC(C)NC(=O)C(C)NC(=O)[C@@H](N)CC(C)C.Cl. The van der Waals surface area contributed by atoms with E-state index in [4.69, 9.17) is 5.73 Å². The maximum atomic E-state index is 11.7. The minimum atomic E-state index is -0.552. The molecule has 0 saturated heterocycles. The molecule has 0 aromatic carbocycles. The average Bonchev–Trinajstić information content (AvgIpc) is 2.27. The first-order valence-corrected chi connectivity index (χ1v) is 6.64. The Balaban J connectivity index is 0. The highest BCUT2D eigenvalue weighted by Gasteiger charge is 2.21. The van der Waals surface area contributed by atoms with Crippen molar-refractivity contribution in [3.63, 3.8) is 0 Å². The van der Waals surface area contributed by atoms with E-state index in [-0.39, 0.29) is 30.3 Å². The van der Waals surface area contributed by atoms with Crippen LogP contribution in [-0.2, 0) is 9.59 Å². The molecule has 0 bridgehead atoms. The van der Waals surface area contributed by atoms with Gasteiger partial charge in [0.1, 0.15) is 6.04 Å². The summed E-state index contributed by atoms with van der Waals surface area (Å²) in [6.45, 7) is 9.60. The lowest BCUT2D eigenvalue weighted by atomic mass is 10.0. The standard InChI is InChI=1S/C13H27N3O2.ClH/c1-6-9(4)15-12(17)10(5)16-13(18)11(14)7-8(2)3;/h8-11H,6-7,14H2,1-5H3,(H,15,17)(H,16,18);1H/t9?,10?,11-;/m0./s1. The van der Waals surface area contributed by atoms with E-state index in [0.29, 0.717) is 12.3 Å². The van der Waals surface area contributed by atoms with Crippen LogP contribution in [0.4, 0.5) is 0 Å². The van der Waals surface area contributed by atoms with E-state index in [1.54, 1.807) is 6.92 Å². The van der Waals surface area contributed by atoms with Gasteiger partial charge < -0.3 is 16.4 Å². The summed E-state index contributed by atoms with van der Waals surface area (Å²) in [5, 5.41) is 5.46. The molecule has 0 aliphatic heterocycles. The first-order chi connectivity index (χ1) is 8.27. The summed E-state index contributed by atoms with van der Waals surface area (Å²) in [6.07, 6.45) is 1.48. The maximum absolute atomic E-state index is 11.7. The molecule has 6 heteroatoms. The molecule has 0 spiro atoms. The number of halogens is 1. The van der Waals surface area contributed by atoms with Crippen molar-refractivity contribution in [3.05, 3.63) is 0 Å². The molecular weight excluding hydrogens is 266 g/mol. The van der Waals surface area contributed by atoms with Crippen LogP contribution in [0.25, 0.3) is 0 Å². The summed E-state index contributed by atoms with van der Waals surface area (Å²) >= 11 is 0. The first kappa shape index (κ1) is 20.5. The van der Waals surface area contributed by atoms with Gasteiger partial charge in [0.25, 0.3) is 0 Å². The van der Waals surface area contributed by atoms with E-state index in [9.17, 15) is 9.59 Å². The van der Waals surface area contributed by atoms with Crippen molar-refractivity contribution in [3.8, 4) is 0 Å². The molecule has 2 amide bonds. The van der Waals surface area contributed by atoms with E-state index in [1.165, 1.54) is 0 Å². The molecule has 0 aromatic rings. The van der Waals surface area contributed by atoms with Crippen molar-refractivity contribution in [2.45, 2.75) is 65.6 Å². The van der Waals surface area contributed by atoms with Crippen molar-refractivity contribution in [1.29, 1.82) is 0 Å². The van der Waals surface area contributed by atoms with E-state index in [1.807, 2.05) is 27.7 Å². The van der Waals surface area contributed by atoms with Gasteiger partial charge in [-0.1, -0.05) is 20.8 Å². The summed E-state index contributed by atoms with van der Waals surface area (Å²) in [5.74, 6) is -0.0834. The fourth-order valence-electron chi connectivity index (χ4n) is 1.47. The average molecular weight is 294 g/mol. The lowest BCUT2D eigenvalue weighted by molar-refractivity contribution is -0.129. The minimum Gasteiger partial charge on any atom is -0.352 e. The van der Waals surface area contributed by atoms with Crippen molar-refractivity contribution < 1.29 is 9.59 Å². The second-order valence-electron chi connectivity index (χ2n) is 5.28. The molecular formula is C13H28ClN3O2. The van der Waals surface area contributed by atoms with Gasteiger partial charge in [-0.25, -0.2) is 0 Å². The second kappa shape index (κ2) is 10.0. The topological polar surface area (TPSA) is 84.2 Å². The number of carbonyl (C=O) groups excluding carboxylic acids is 2. The van der Waals surface area contributed by atoms with Gasteiger partial charge in [-0.15, -0.1) is 12.4 Å². The molecule has 0 aliphatic rings. The number of rotatable bonds is 7. The maximum Gasteiger partial charge on any atom is 0.242 e. The molecule has 0 fully saturated rings. The Morgan fingerprint density at radius 1 is 1.05 bits per heavy atom. The highest BCUT2D eigenvalue weighted by Crippen LogP contribution is 2.02. The van der Waals surface area contributed by atoms with E-state index in [0.717, 1.165) is 6.42 Å². The normalized spacial score (nSPS) is 15.1. The predicted octanol–water partition coefficient (Wildman–Crippen LogP) is 1.20. The Morgan fingerprint density at radius 2 is 1.58 bits per heavy atom. The zero-order valence-corrected chi connectivity index (χ0v) is 13.3. The molecule has 0 aromatic heterocycles. The third-order valence-electron chi connectivity index (χ3n) is 2.82. The fourth-order valence-corrected chi connectivity index (χ4v) is 1.47. The van der Waals surface area contributed by atoms with Crippen molar-refractivity contribution in [1.82, 2.24) is 10.6 Å². The Kier molecular flexibility index (Phi) is 10.8. The van der Waals surface area contributed by atoms with Crippen molar-refractivity contribution >= 4 is 24.2 Å². The molecule has 19 heavy (non-hydrogen) atoms. The first-order valence-electron chi connectivity index (χ1n) is 6.64. The predicted molar refractivity (Wildman–Crippen MR) is 80.2 cm³/mol. The molecule has 5 nitrogen and oxygen atoms in total.